The van der Waals surface area contributed by atoms with Gasteiger partial charge in [-0.25, -0.2) is 4.68 Å². The molecule has 0 saturated carbocycles. The largest absolute Gasteiger partial charge is 0.229 e. The molecule has 0 radical (unpaired) electrons. The highest BCUT2D eigenvalue weighted by molar-refractivity contribution is 14.1. The Kier molecular flexibility index (Phi) is 2.06. The first-order valence-electron chi connectivity index (χ1n) is 3.75. The summed E-state index contributed by atoms with van der Waals surface area (Å²) >= 11 is 2.46. The van der Waals surface area contributed by atoms with E-state index in [0.29, 0.717) is 3.92 Å². The molecular formula is C6H9IN4. The van der Waals surface area contributed by atoms with Gasteiger partial charge in [-0.2, -0.15) is 0 Å². The van der Waals surface area contributed by atoms with Gasteiger partial charge in [-0.05, 0) is 23.3 Å². The Labute approximate surface area is 78.5 Å². The lowest BCUT2D eigenvalue weighted by Gasteiger charge is -2.03. The zero-order chi connectivity index (χ0) is 7.68. The molecule has 1 unspecified atom stereocenters. The third-order valence-electron chi connectivity index (χ3n) is 1.89. The van der Waals surface area contributed by atoms with Crippen LogP contribution in [0, 0.1) is 0 Å². The van der Waals surface area contributed by atoms with E-state index in [2.05, 4.69) is 38.1 Å². The maximum Gasteiger partial charge on any atom is 0.151 e. The molecule has 1 aliphatic rings. The van der Waals surface area contributed by atoms with Crippen molar-refractivity contribution in [2.24, 2.45) is 0 Å². The topological polar surface area (TPSA) is 43.6 Å². The van der Waals surface area contributed by atoms with E-state index in [1.54, 1.807) is 0 Å². The van der Waals surface area contributed by atoms with E-state index in [-0.39, 0.29) is 0 Å². The zero-order valence-electron chi connectivity index (χ0n) is 6.07. The molecule has 0 amide bonds. The number of aryl methyl sites for hydroxylation is 1. The third kappa shape index (κ3) is 1.52. The van der Waals surface area contributed by atoms with Crippen molar-refractivity contribution in [3.8, 4) is 0 Å². The number of halogens is 1. The highest BCUT2D eigenvalue weighted by atomic mass is 127. The maximum absolute atomic E-state index is 3.95. The van der Waals surface area contributed by atoms with Gasteiger partial charge < -0.3 is 0 Å². The van der Waals surface area contributed by atoms with Gasteiger partial charge in [0.15, 0.2) is 5.82 Å². The van der Waals surface area contributed by atoms with Crippen molar-refractivity contribution in [2.45, 2.75) is 29.7 Å². The Morgan fingerprint density at radius 2 is 2.45 bits per heavy atom. The lowest BCUT2D eigenvalue weighted by atomic mass is 10.2. The summed E-state index contributed by atoms with van der Waals surface area (Å²) in [6.45, 7) is 0.975. The molecule has 1 atom stereocenters. The molecule has 0 fully saturated rings. The van der Waals surface area contributed by atoms with Gasteiger partial charge in [0.05, 0.1) is 6.54 Å². The molecule has 60 valence electrons. The minimum absolute atomic E-state index is 0.692. The predicted octanol–water partition coefficient (Wildman–Crippen LogP) is 0.813. The fourth-order valence-corrected chi connectivity index (χ4v) is 2.12. The molecule has 2 heterocycles. The van der Waals surface area contributed by atoms with Gasteiger partial charge in [-0.15, -0.1) is 5.10 Å². The van der Waals surface area contributed by atoms with Crippen molar-refractivity contribution in [1.29, 1.82) is 0 Å². The zero-order valence-corrected chi connectivity index (χ0v) is 8.23. The molecule has 5 heteroatoms. The van der Waals surface area contributed by atoms with Crippen molar-refractivity contribution in [3.05, 3.63) is 5.82 Å². The molecule has 0 aromatic carbocycles. The van der Waals surface area contributed by atoms with Crippen LogP contribution in [0.15, 0.2) is 0 Å². The number of alkyl halides is 1. The second-order valence-electron chi connectivity index (χ2n) is 2.77. The molecule has 4 nitrogen and oxygen atoms in total. The van der Waals surface area contributed by atoms with Crippen molar-refractivity contribution in [1.82, 2.24) is 20.2 Å². The average molecular weight is 264 g/mol. The Bertz CT molecular complexity index is 246. The third-order valence-corrected chi connectivity index (χ3v) is 2.91. The number of hydrogen-bond donors (Lipinski definition) is 0. The van der Waals surface area contributed by atoms with Gasteiger partial charge in [-0.1, -0.05) is 22.6 Å². The van der Waals surface area contributed by atoms with E-state index >= 15 is 0 Å². The van der Waals surface area contributed by atoms with Crippen LogP contribution in [0.4, 0.5) is 0 Å². The molecule has 0 spiro atoms. The molecule has 1 aromatic heterocycles. The van der Waals surface area contributed by atoms with Crippen LogP contribution >= 0.6 is 22.6 Å². The first-order chi connectivity index (χ1) is 5.36. The molecule has 1 aliphatic heterocycles. The van der Waals surface area contributed by atoms with E-state index < -0.39 is 0 Å². The van der Waals surface area contributed by atoms with Crippen LogP contribution in [0.2, 0.25) is 0 Å². The van der Waals surface area contributed by atoms with E-state index in [4.69, 9.17) is 0 Å². The Balaban J connectivity index is 2.26. The summed E-state index contributed by atoms with van der Waals surface area (Å²) in [4.78, 5) is 0. The minimum Gasteiger partial charge on any atom is -0.229 e. The average Bonchev–Trinajstić information content (AvgIpc) is 2.31. The van der Waals surface area contributed by atoms with Crippen LogP contribution in [-0.2, 0) is 13.0 Å². The van der Waals surface area contributed by atoms with Crippen LogP contribution in [0.5, 0.6) is 0 Å². The quantitative estimate of drug-likeness (QED) is 0.514. The number of nitrogens with zero attached hydrogens (tertiary/aromatic N) is 4. The van der Waals surface area contributed by atoms with Crippen LogP contribution < -0.4 is 0 Å². The molecule has 11 heavy (non-hydrogen) atoms. The van der Waals surface area contributed by atoms with Crippen molar-refractivity contribution in [2.75, 3.05) is 0 Å². The lowest BCUT2D eigenvalue weighted by molar-refractivity contribution is 0.577. The minimum atomic E-state index is 0.692. The number of tetrazole rings is 1. The standard InChI is InChI=1S/C6H9IN4/c7-5-2-1-3-6-8-9-10-11(6)4-5/h5H,1-4H2. The fraction of sp³-hybridized carbons (Fsp3) is 0.833. The van der Waals surface area contributed by atoms with Crippen molar-refractivity contribution in [3.63, 3.8) is 0 Å². The molecule has 1 aromatic rings. The van der Waals surface area contributed by atoms with E-state index in [0.717, 1.165) is 18.8 Å². The first kappa shape index (κ1) is 7.45. The van der Waals surface area contributed by atoms with Gasteiger partial charge in [0.1, 0.15) is 0 Å². The normalized spacial score (nSPS) is 24.3. The highest BCUT2D eigenvalue weighted by Gasteiger charge is 2.15. The summed E-state index contributed by atoms with van der Waals surface area (Å²) in [5, 5.41) is 11.5. The molecule has 0 aliphatic carbocycles. The molecule has 0 saturated heterocycles. The van der Waals surface area contributed by atoms with Gasteiger partial charge >= 0.3 is 0 Å². The fourth-order valence-electron chi connectivity index (χ4n) is 1.30. The highest BCUT2D eigenvalue weighted by Crippen LogP contribution is 2.17. The predicted molar refractivity (Wildman–Crippen MR) is 48.6 cm³/mol. The Morgan fingerprint density at radius 3 is 3.36 bits per heavy atom. The monoisotopic (exact) mass is 264 g/mol. The Morgan fingerprint density at radius 1 is 1.55 bits per heavy atom. The number of fused-ring (bicyclic) bond motifs is 1. The van der Waals surface area contributed by atoms with Gasteiger partial charge in [0.25, 0.3) is 0 Å². The van der Waals surface area contributed by atoms with Crippen LogP contribution in [0.1, 0.15) is 18.7 Å². The molecule has 2 rings (SSSR count). The van der Waals surface area contributed by atoms with Gasteiger partial charge in [0, 0.05) is 10.3 Å². The Hall–Kier alpha value is -0.200. The summed E-state index contributed by atoms with van der Waals surface area (Å²) in [5.74, 6) is 1.05. The van der Waals surface area contributed by atoms with E-state index in [1.807, 2.05) is 4.68 Å². The number of aromatic nitrogens is 4. The molecule has 0 N–H and O–H groups in total. The second kappa shape index (κ2) is 3.04. The number of hydrogen-bond acceptors (Lipinski definition) is 3. The number of rotatable bonds is 0. The maximum atomic E-state index is 3.95. The van der Waals surface area contributed by atoms with Gasteiger partial charge in [-0.3, -0.25) is 0 Å². The van der Waals surface area contributed by atoms with Crippen LogP contribution in [-0.4, -0.2) is 24.1 Å². The molecular weight excluding hydrogens is 255 g/mol. The van der Waals surface area contributed by atoms with E-state index in [9.17, 15) is 0 Å². The summed E-state index contributed by atoms with van der Waals surface area (Å²) < 4.78 is 2.61. The van der Waals surface area contributed by atoms with E-state index in [1.165, 1.54) is 12.8 Å². The summed E-state index contributed by atoms with van der Waals surface area (Å²) in [6.07, 6.45) is 3.52. The van der Waals surface area contributed by atoms with Gasteiger partial charge in [0.2, 0.25) is 0 Å². The van der Waals surface area contributed by atoms with Crippen LogP contribution in [0.25, 0.3) is 0 Å². The van der Waals surface area contributed by atoms with Crippen molar-refractivity contribution < 1.29 is 0 Å². The SMILES string of the molecule is IC1CCCc2nnnn2C1. The summed E-state index contributed by atoms with van der Waals surface area (Å²) in [5.41, 5.74) is 0. The van der Waals surface area contributed by atoms with Crippen molar-refractivity contribution >= 4 is 22.6 Å². The summed E-state index contributed by atoms with van der Waals surface area (Å²) in [7, 11) is 0. The molecule has 0 bridgehead atoms. The smallest absolute Gasteiger partial charge is 0.151 e. The lowest BCUT2D eigenvalue weighted by Crippen LogP contribution is -2.10. The second-order valence-corrected chi connectivity index (χ2v) is 4.53. The summed E-state index contributed by atoms with van der Waals surface area (Å²) in [6, 6.07) is 0. The first-order valence-corrected chi connectivity index (χ1v) is 5.00. The van der Waals surface area contributed by atoms with Crippen LogP contribution in [0.3, 0.4) is 0 Å².